The van der Waals surface area contributed by atoms with Gasteiger partial charge in [-0.2, -0.15) is 0 Å². The highest BCUT2D eigenvalue weighted by Gasteiger charge is 2.21. The number of nitrogens with one attached hydrogen (secondary N) is 1. The fraction of sp³-hybridized carbons (Fsp3) is 0.429. The van der Waals surface area contributed by atoms with Gasteiger partial charge in [-0.05, 0) is 30.9 Å². The SMILES string of the molecule is CCCn1cc(S(=O)(=O)NC(C)c2cccs2)cc1CN. The molecule has 0 aromatic carbocycles. The molecule has 0 bridgehead atoms. The lowest BCUT2D eigenvalue weighted by atomic mass is 10.3. The minimum atomic E-state index is -3.54. The number of hydrogen-bond acceptors (Lipinski definition) is 4. The monoisotopic (exact) mass is 327 g/mol. The number of aryl methyl sites for hydroxylation is 1. The van der Waals surface area contributed by atoms with Gasteiger partial charge in [-0.25, -0.2) is 13.1 Å². The molecule has 5 nitrogen and oxygen atoms in total. The lowest BCUT2D eigenvalue weighted by Crippen LogP contribution is -2.26. The van der Waals surface area contributed by atoms with E-state index in [9.17, 15) is 8.42 Å². The van der Waals surface area contributed by atoms with Gasteiger partial charge in [0.1, 0.15) is 0 Å². The molecule has 21 heavy (non-hydrogen) atoms. The summed E-state index contributed by atoms with van der Waals surface area (Å²) >= 11 is 1.54. The number of hydrogen-bond donors (Lipinski definition) is 2. The van der Waals surface area contributed by atoms with Gasteiger partial charge in [0.15, 0.2) is 0 Å². The standard InChI is InChI=1S/C14H21N3O2S2/c1-3-6-17-10-13(8-12(17)9-15)21(18,19)16-11(2)14-5-4-7-20-14/h4-5,7-8,10-11,16H,3,6,9,15H2,1-2H3. The second kappa shape index (κ2) is 6.74. The molecule has 2 heterocycles. The number of thiophene rings is 1. The van der Waals surface area contributed by atoms with Crippen LogP contribution in [0.2, 0.25) is 0 Å². The number of rotatable bonds is 7. The van der Waals surface area contributed by atoms with E-state index in [1.807, 2.05) is 35.9 Å². The zero-order valence-electron chi connectivity index (χ0n) is 12.2. The van der Waals surface area contributed by atoms with E-state index in [4.69, 9.17) is 5.73 Å². The summed E-state index contributed by atoms with van der Waals surface area (Å²) in [4.78, 5) is 1.27. The average Bonchev–Trinajstić information content (AvgIpc) is 3.08. The molecule has 2 aromatic rings. The van der Waals surface area contributed by atoms with Crippen LogP contribution in [0.25, 0.3) is 0 Å². The van der Waals surface area contributed by atoms with Gasteiger partial charge in [-0.15, -0.1) is 11.3 Å². The molecule has 2 aromatic heterocycles. The Bertz CT molecular complexity index is 675. The zero-order valence-corrected chi connectivity index (χ0v) is 13.9. The van der Waals surface area contributed by atoms with Crippen LogP contribution in [0.1, 0.15) is 36.9 Å². The van der Waals surface area contributed by atoms with E-state index in [0.29, 0.717) is 6.54 Å². The molecule has 0 saturated heterocycles. The van der Waals surface area contributed by atoms with Crippen molar-refractivity contribution in [2.45, 2.75) is 44.3 Å². The Labute approximate surface area is 129 Å². The van der Waals surface area contributed by atoms with E-state index in [2.05, 4.69) is 4.72 Å². The highest BCUT2D eigenvalue weighted by Crippen LogP contribution is 2.22. The first kappa shape index (κ1) is 16.2. The summed E-state index contributed by atoms with van der Waals surface area (Å²) in [6, 6.07) is 5.24. The van der Waals surface area contributed by atoms with Crippen molar-refractivity contribution in [2.75, 3.05) is 0 Å². The maximum atomic E-state index is 12.5. The average molecular weight is 327 g/mol. The maximum absolute atomic E-state index is 12.5. The van der Waals surface area contributed by atoms with Crippen molar-refractivity contribution in [3.8, 4) is 0 Å². The summed E-state index contributed by atoms with van der Waals surface area (Å²) in [6.45, 7) is 4.99. The third-order valence-corrected chi connectivity index (χ3v) is 5.81. The molecule has 116 valence electrons. The molecule has 3 N–H and O–H groups in total. The van der Waals surface area contributed by atoms with Crippen LogP contribution in [0.15, 0.2) is 34.7 Å². The van der Waals surface area contributed by atoms with Gasteiger partial charge in [0.25, 0.3) is 0 Å². The van der Waals surface area contributed by atoms with Crippen molar-refractivity contribution in [3.63, 3.8) is 0 Å². The van der Waals surface area contributed by atoms with Crippen LogP contribution >= 0.6 is 11.3 Å². The lowest BCUT2D eigenvalue weighted by molar-refractivity contribution is 0.567. The van der Waals surface area contributed by atoms with Crippen molar-refractivity contribution in [1.29, 1.82) is 0 Å². The minimum absolute atomic E-state index is 0.245. The number of aromatic nitrogens is 1. The molecule has 0 aliphatic carbocycles. The van der Waals surface area contributed by atoms with Crippen molar-refractivity contribution < 1.29 is 8.42 Å². The molecule has 0 spiro atoms. The Balaban J connectivity index is 2.23. The maximum Gasteiger partial charge on any atom is 0.242 e. The summed E-state index contributed by atoms with van der Waals surface area (Å²) in [5, 5.41) is 1.93. The molecule has 0 amide bonds. The lowest BCUT2D eigenvalue weighted by Gasteiger charge is -2.11. The Morgan fingerprint density at radius 1 is 1.48 bits per heavy atom. The van der Waals surface area contributed by atoms with Crippen LogP contribution in [0.4, 0.5) is 0 Å². The molecular formula is C14H21N3O2S2. The Morgan fingerprint density at radius 3 is 2.81 bits per heavy atom. The van der Waals surface area contributed by atoms with Gasteiger partial charge in [-0.3, -0.25) is 0 Å². The smallest absolute Gasteiger partial charge is 0.242 e. The van der Waals surface area contributed by atoms with Crippen molar-refractivity contribution in [1.82, 2.24) is 9.29 Å². The second-order valence-corrected chi connectivity index (χ2v) is 7.62. The van der Waals surface area contributed by atoms with Gasteiger partial charge >= 0.3 is 0 Å². The van der Waals surface area contributed by atoms with Gasteiger partial charge in [0.05, 0.1) is 10.9 Å². The second-order valence-electron chi connectivity index (χ2n) is 4.92. The highest BCUT2D eigenvalue weighted by molar-refractivity contribution is 7.89. The molecule has 7 heteroatoms. The van der Waals surface area contributed by atoms with Crippen LogP contribution in [-0.2, 0) is 23.1 Å². The first-order valence-corrected chi connectivity index (χ1v) is 9.29. The normalized spacial score (nSPS) is 13.5. The van der Waals surface area contributed by atoms with Gasteiger partial charge in [0.2, 0.25) is 10.0 Å². The van der Waals surface area contributed by atoms with Crippen LogP contribution < -0.4 is 10.5 Å². The Hall–Kier alpha value is -1.15. The molecule has 1 unspecified atom stereocenters. The van der Waals surface area contributed by atoms with E-state index in [-0.39, 0.29) is 10.9 Å². The summed E-state index contributed by atoms with van der Waals surface area (Å²) < 4.78 is 29.5. The van der Waals surface area contributed by atoms with E-state index >= 15 is 0 Å². The van der Waals surface area contributed by atoms with Crippen LogP contribution in [0.3, 0.4) is 0 Å². The first-order chi connectivity index (χ1) is 9.97. The topological polar surface area (TPSA) is 77.1 Å². The van der Waals surface area contributed by atoms with Crippen molar-refractivity contribution in [3.05, 3.63) is 40.3 Å². The summed E-state index contributed by atoms with van der Waals surface area (Å²) in [6.07, 6.45) is 2.59. The molecule has 0 fully saturated rings. The molecule has 0 saturated carbocycles. The quantitative estimate of drug-likeness (QED) is 0.820. The van der Waals surface area contributed by atoms with E-state index in [0.717, 1.165) is 23.5 Å². The van der Waals surface area contributed by atoms with E-state index in [1.54, 1.807) is 12.3 Å². The van der Waals surface area contributed by atoms with Gasteiger partial charge in [0, 0.05) is 29.9 Å². The van der Waals surface area contributed by atoms with Crippen molar-refractivity contribution in [2.24, 2.45) is 5.73 Å². The van der Waals surface area contributed by atoms with Crippen molar-refractivity contribution >= 4 is 21.4 Å². The minimum Gasteiger partial charge on any atom is -0.349 e. The number of nitrogens with zero attached hydrogens (tertiary/aromatic N) is 1. The Morgan fingerprint density at radius 2 is 2.24 bits per heavy atom. The third-order valence-electron chi connectivity index (χ3n) is 3.25. The molecule has 0 radical (unpaired) electrons. The zero-order chi connectivity index (χ0) is 15.5. The van der Waals surface area contributed by atoms with Crippen LogP contribution in [0, 0.1) is 0 Å². The molecule has 0 aliphatic rings. The fourth-order valence-electron chi connectivity index (χ4n) is 2.19. The van der Waals surface area contributed by atoms with Crippen LogP contribution in [0.5, 0.6) is 0 Å². The summed E-state index contributed by atoms with van der Waals surface area (Å²) in [5.74, 6) is 0. The number of sulfonamides is 1. The van der Waals surface area contributed by atoms with E-state index in [1.165, 1.54) is 11.3 Å². The van der Waals surface area contributed by atoms with Gasteiger partial charge in [-0.1, -0.05) is 13.0 Å². The molecule has 0 aliphatic heterocycles. The van der Waals surface area contributed by atoms with E-state index < -0.39 is 10.0 Å². The Kier molecular flexibility index (Phi) is 5.21. The largest absolute Gasteiger partial charge is 0.349 e. The first-order valence-electron chi connectivity index (χ1n) is 6.92. The number of nitrogens with two attached hydrogens (primary N) is 1. The summed E-state index contributed by atoms with van der Waals surface area (Å²) in [7, 11) is -3.54. The van der Waals surface area contributed by atoms with Gasteiger partial charge < -0.3 is 10.3 Å². The molecule has 2 rings (SSSR count). The van der Waals surface area contributed by atoms with Crippen LogP contribution in [-0.4, -0.2) is 13.0 Å². The highest BCUT2D eigenvalue weighted by atomic mass is 32.2. The predicted molar refractivity (Wildman–Crippen MR) is 85.7 cm³/mol. The summed E-state index contributed by atoms with van der Waals surface area (Å²) in [5.41, 5.74) is 6.52. The fourth-order valence-corrected chi connectivity index (χ4v) is 4.28. The molecular weight excluding hydrogens is 306 g/mol. The molecule has 1 atom stereocenters. The predicted octanol–water partition coefficient (Wildman–Crippen LogP) is 2.46. The third kappa shape index (κ3) is 3.74.